The second kappa shape index (κ2) is 8.85. The fraction of sp³-hybridized carbons (Fsp3) is 0.179. The summed E-state index contributed by atoms with van der Waals surface area (Å²) in [4.78, 5) is 27.1. The van der Waals surface area contributed by atoms with Gasteiger partial charge in [0, 0.05) is 58.5 Å². The van der Waals surface area contributed by atoms with Crippen LogP contribution in [-0.4, -0.2) is 59.2 Å². The molecule has 0 saturated carbocycles. The molecule has 5 aromatic rings. The minimum Gasteiger partial charge on any atom is -0.496 e. The highest BCUT2D eigenvalue weighted by Crippen LogP contribution is 2.41. The summed E-state index contributed by atoms with van der Waals surface area (Å²) in [6, 6.07) is 17.8. The minimum absolute atomic E-state index is 0.0318. The third kappa shape index (κ3) is 3.80. The first kappa shape index (κ1) is 21.3. The average molecular weight is 465 g/mol. The summed E-state index contributed by atoms with van der Waals surface area (Å²) in [5.41, 5.74) is 6.38. The molecule has 1 saturated heterocycles. The van der Waals surface area contributed by atoms with Gasteiger partial charge in [0.15, 0.2) is 0 Å². The number of carbonyl (C=O) groups is 1. The maximum absolute atomic E-state index is 12.9. The number of H-pyrrole nitrogens is 1. The second-order valence-corrected chi connectivity index (χ2v) is 8.53. The van der Waals surface area contributed by atoms with E-state index in [1.807, 2.05) is 65.8 Å². The van der Waals surface area contributed by atoms with Crippen LogP contribution < -0.4 is 4.74 Å². The molecule has 0 bridgehead atoms. The number of hydrogen-bond donors (Lipinski definition) is 1. The van der Waals surface area contributed by atoms with Gasteiger partial charge in [-0.05, 0) is 48.0 Å². The molecule has 1 amide bonds. The lowest BCUT2D eigenvalue weighted by Gasteiger charge is -2.26. The number of methoxy groups -OCH3 is 1. The Balaban J connectivity index is 1.48. The molecular formula is C28H24N4O3. The number of rotatable bonds is 4. The van der Waals surface area contributed by atoms with Crippen molar-refractivity contribution in [2.75, 3.05) is 33.4 Å². The van der Waals surface area contributed by atoms with Gasteiger partial charge in [-0.25, -0.2) is 0 Å². The molecule has 2 aromatic carbocycles. The van der Waals surface area contributed by atoms with Gasteiger partial charge in [-0.2, -0.15) is 0 Å². The molecule has 0 radical (unpaired) electrons. The normalized spacial score (nSPS) is 13.9. The predicted octanol–water partition coefficient (Wildman–Crippen LogP) is 4.93. The van der Waals surface area contributed by atoms with E-state index in [0.29, 0.717) is 31.9 Å². The van der Waals surface area contributed by atoms with Crippen LogP contribution in [0.5, 0.6) is 5.75 Å². The van der Waals surface area contributed by atoms with Gasteiger partial charge in [0.05, 0.1) is 37.7 Å². The van der Waals surface area contributed by atoms with Gasteiger partial charge in [-0.3, -0.25) is 14.8 Å². The summed E-state index contributed by atoms with van der Waals surface area (Å²) >= 11 is 0. The zero-order chi connectivity index (χ0) is 23.8. The maximum Gasteiger partial charge on any atom is 0.254 e. The number of carbonyl (C=O) groups excluding carboxylic acids is 1. The van der Waals surface area contributed by atoms with E-state index in [1.54, 1.807) is 13.3 Å². The number of nitrogens with one attached hydrogen (secondary N) is 1. The van der Waals surface area contributed by atoms with E-state index in [4.69, 9.17) is 9.47 Å². The number of aromatic nitrogens is 3. The Bertz CT molecular complexity index is 1520. The fourth-order valence-electron chi connectivity index (χ4n) is 4.73. The Hall–Kier alpha value is -4.23. The Kier molecular flexibility index (Phi) is 5.39. The Morgan fingerprint density at radius 2 is 1.83 bits per heavy atom. The molecule has 1 aliphatic heterocycles. The molecule has 174 valence electrons. The maximum atomic E-state index is 12.9. The van der Waals surface area contributed by atoms with E-state index in [9.17, 15) is 4.79 Å². The molecule has 1 fully saturated rings. The summed E-state index contributed by atoms with van der Waals surface area (Å²) < 4.78 is 11.2. The first-order valence-electron chi connectivity index (χ1n) is 11.6. The van der Waals surface area contributed by atoms with E-state index < -0.39 is 0 Å². The van der Waals surface area contributed by atoms with E-state index in [-0.39, 0.29) is 5.91 Å². The van der Waals surface area contributed by atoms with E-state index in [0.717, 1.165) is 49.9 Å². The summed E-state index contributed by atoms with van der Waals surface area (Å²) in [5, 5.41) is 2.11. The number of hydrogen-bond acceptors (Lipinski definition) is 5. The van der Waals surface area contributed by atoms with Gasteiger partial charge < -0.3 is 19.4 Å². The van der Waals surface area contributed by atoms with Crippen LogP contribution in [-0.2, 0) is 4.74 Å². The Morgan fingerprint density at radius 3 is 2.57 bits per heavy atom. The highest BCUT2D eigenvalue weighted by Gasteiger charge is 2.20. The standard InChI is InChI=1S/C28H24N4O3/c1-34-25-9-8-22-27(21-15-23(30-17-24(21)31-22)20-3-2-10-29-16-20)26(25)18-4-6-19(7-5-18)28(33)32-11-13-35-14-12-32/h2-10,15-17,31H,11-14H2,1H3. The average Bonchev–Trinajstić information content (AvgIpc) is 3.31. The van der Waals surface area contributed by atoms with E-state index in [2.05, 4.69) is 21.0 Å². The fourth-order valence-corrected chi connectivity index (χ4v) is 4.73. The Morgan fingerprint density at radius 1 is 1.00 bits per heavy atom. The van der Waals surface area contributed by atoms with Crippen LogP contribution in [0.4, 0.5) is 0 Å². The Labute approximate surface area is 202 Å². The summed E-state index contributed by atoms with van der Waals surface area (Å²) in [6.07, 6.45) is 5.43. The number of fused-ring (bicyclic) bond motifs is 3. The summed E-state index contributed by atoms with van der Waals surface area (Å²) in [5.74, 6) is 0.801. The van der Waals surface area contributed by atoms with Crippen LogP contribution in [0.25, 0.3) is 44.2 Å². The second-order valence-electron chi connectivity index (χ2n) is 8.53. The van der Waals surface area contributed by atoms with E-state index in [1.165, 1.54) is 0 Å². The van der Waals surface area contributed by atoms with Crippen molar-refractivity contribution in [3.8, 4) is 28.1 Å². The first-order valence-corrected chi connectivity index (χ1v) is 11.6. The highest BCUT2D eigenvalue weighted by atomic mass is 16.5. The summed E-state index contributed by atoms with van der Waals surface area (Å²) in [6.45, 7) is 2.41. The van der Waals surface area contributed by atoms with Crippen molar-refractivity contribution < 1.29 is 14.3 Å². The van der Waals surface area contributed by atoms with Gasteiger partial charge in [0.25, 0.3) is 5.91 Å². The van der Waals surface area contributed by atoms with E-state index >= 15 is 0 Å². The number of pyridine rings is 2. The van der Waals surface area contributed by atoms with Crippen LogP contribution in [0.3, 0.4) is 0 Å². The number of amides is 1. The first-order chi connectivity index (χ1) is 17.2. The van der Waals surface area contributed by atoms with Gasteiger partial charge in [-0.1, -0.05) is 12.1 Å². The van der Waals surface area contributed by atoms with Crippen molar-refractivity contribution in [3.63, 3.8) is 0 Å². The molecule has 7 heteroatoms. The third-order valence-corrected chi connectivity index (χ3v) is 6.51. The monoisotopic (exact) mass is 464 g/mol. The van der Waals surface area contributed by atoms with Crippen molar-refractivity contribution in [2.45, 2.75) is 0 Å². The molecule has 0 atom stereocenters. The van der Waals surface area contributed by atoms with Crippen molar-refractivity contribution in [1.82, 2.24) is 19.9 Å². The number of nitrogens with zero attached hydrogens (tertiary/aromatic N) is 3. The van der Waals surface area contributed by atoms with Gasteiger partial charge in [-0.15, -0.1) is 0 Å². The SMILES string of the molecule is COc1ccc2[nH]c3cnc(-c4cccnc4)cc3c2c1-c1ccc(C(=O)N2CCOCC2)cc1. The molecule has 0 aliphatic carbocycles. The smallest absolute Gasteiger partial charge is 0.254 e. The zero-order valence-corrected chi connectivity index (χ0v) is 19.3. The lowest BCUT2D eigenvalue weighted by Crippen LogP contribution is -2.40. The number of benzene rings is 2. The highest BCUT2D eigenvalue weighted by molar-refractivity contribution is 6.16. The third-order valence-electron chi connectivity index (χ3n) is 6.51. The molecule has 0 spiro atoms. The lowest BCUT2D eigenvalue weighted by atomic mass is 9.97. The number of aromatic amines is 1. The molecular weight excluding hydrogens is 440 g/mol. The van der Waals surface area contributed by atoms with Gasteiger partial charge in [0.1, 0.15) is 5.75 Å². The minimum atomic E-state index is 0.0318. The molecule has 35 heavy (non-hydrogen) atoms. The number of morpholine rings is 1. The van der Waals surface area contributed by atoms with Crippen molar-refractivity contribution in [2.24, 2.45) is 0 Å². The molecule has 6 rings (SSSR count). The van der Waals surface area contributed by atoms with Crippen LogP contribution >= 0.6 is 0 Å². The predicted molar refractivity (Wildman–Crippen MR) is 136 cm³/mol. The van der Waals surface area contributed by atoms with Crippen molar-refractivity contribution in [1.29, 1.82) is 0 Å². The molecule has 4 heterocycles. The molecule has 0 unspecified atom stereocenters. The van der Waals surface area contributed by atoms with Crippen LogP contribution in [0.2, 0.25) is 0 Å². The van der Waals surface area contributed by atoms with Crippen molar-refractivity contribution in [3.05, 3.63) is 78.8 Å². The number of ether oxygens (including phenoxy) is 2. The van der Waals surface area contributed by atoms with Crippen LogP contribution in [0.1, 0.15) is 10.4 Å². The molecule has 1 aliphatic rings. The molecule has 7 nitrogen and oxygen atoms in total. The van der Waals surface area contributed by atoms with Gasteiger partial charge in [0.2, 0.25) is 0 Å². The summed E-state index contributed by atoms with van der Waals surface area (Å²) in [7, 11) is 1.68. The van der Waals surface area contributed by atoms with Crippen molar-refractivity contribution >= 4 is 27.7 Å². The molecule has 3 aromatic heterocycles. The largest absolute Gasteiger partial charge is 0.496 e. The molecule has 1 N–H and O–H groups in total. The topological polar surface area (TPSA) is 80.3 Å². The lowest BCUT2D eigenvalue weighted by molar-refractivity contribution is 0.0303. The van der Waals surface area contributed by atoms with Crippen LogP contribution in [0, 0.1) is 0 Å². The quantitative estimate of drug-likeness (QED) is 0.408. The van der Waals surface area contributed by atoms with Crippen LogP contribution in [0.15, 0.2) is 73.2 Å². The zero-order valence-electron chi connectivity index (χ0n) is 19.3. The van der Waals surface area contributed by atoms with Gasteiger partial charge >= 0.3 is 0 Å².